The molecule has 0 atom stereocenters. The van der Waals surface area contributed by atoms with Crippen molar-refractivity contribution in [2.45, 2.75) is 37.0 Å². The molecule has 1 N–H and O–H groups in total. The third-order valence-corrected chi connectivity index (χ3v) is 6.51. The maximum absolute atomic E-state index is 13.2. The van der Waals surface area contributed by atoms with Crippen molar-refractivity contribution >= 4 is 21.6 Å². The molecule has 1 saturated heterocycles. The molecule has 0 aromatic heterocycles. The van der Waals surface area contributed by atoms with Crippen molar-refractivity contribution < 1.29 is 17.6 Å². The first kappa shape index (κ1) is 19.5. The molecule has 27 heavy (non-hydrogen) atoms. The molecule has 2 aromatic carbocycles. The summed E-state index contributed by atoms with van der Waals surface area (Å²) in [6.07, 6.45) is 3.93. The van der Waals surface area contributed by atoms with Gasteiger partial charge in [0.05, 0.1) is 11.3 Å². The van der Waals surface area contributed by atoms with E-state index in [1.165, 1.54) is 28.6 Å². The predicted molar refractivity (Wildman–Crippen MR) is 102 cm³/mol. The molecular weight excluding hydrogens is 367 g/mol. The lowest BCUT2D eigenvalue weighted by molar-refractivity contribution is -0.115. The van der Waals surface area contributed by atoms with E-state index in [1.807, 2.05) is 0 Å². The molecule has 1 heterocycles. The monoisotopic (exact) mass is 390 g/mol. The lowest BCUT2D eigenvalue weighted by atomic mass is 10.1. The van der Waals surface area contributed by atoms with Gasteiger partial charge in [0.2, 0.25) is 15.9 Å². The Balaban J connectivity index is 1.65. The van der Waals surface area contributed by atoms with Gasteiger partial charge in [-0.2, -0.15) is 4.31 Å². The van der Waals surface area contributed by atoms with E-state index in [0.717, 1.165) is 25.7 Å². The number of halogens is 1. The Morgan fingerprint density at radius 3 is 2.30 bits per heavy atom. The highest BCUT2D eigenvalue weighted by molar-refractivity contribution is 7.89. The molecule has 1 fully saturated rings. The third kappa shape index (κ3) is 5.14. The molecule has 0 aliphatic carbocycles. The molecule has 2 aromatic rings. The van der Waals surface area contributed by atoms with E-state index < -0.39 is 10.0 Å². The summed E-state index contributed by atoms with van der Waals surface area (Å²) in [5.41, 5.74) is 1.08. The Bertz CT molecular complexity index is 890. The van der Waals surface area contributed by atoms with E-state index >= 15 is 0 Å². The van der Waals surface area contributed by atoms with Gasteiger partial charge in [-0.05, 0) is 54.8 Å². The zero-order valence-electron chi connectivity index (χ0n) is 15.0. The van der Waals surface area contributed by atoms with Gasteiger partial charge in [0.15, 0.2) is 0 Å². The minimum atomic E-state index is -3.50. The summed E-state index contributed by atoms with van der Waals surface area (Å²) in [5, 5.41) is 2.71. The molecule has 7 heteroatoms. The van der Waals surface area contributed by atoms with Gasteiger partial charge in [0.1, 0.15) is 5.82 Å². The first-order valence-electron chi connectivity index (χ1n) is 9.10. The fourth-order valence-corrected chi connectivity index (χ4v) is 4.70. The highest BCUT2D eigenvalue weighted by Gasteiger charge is 2.24. The van der Waals surface area contributed by atoms with Crippen molar-refractivity contribution in [2.75, 3.05) is 18.4 Å². The SMILES string of the molecule is O=C(Cc1cccc(F)c1)Nc1ccc(S(=O)(=O)N2CCCCCC2)cc1. The summed E-state index contributed by atoms with van der Waals surface area (Å²) in [6, 6.07) is 12.1. The number of rotatable bonds is 5. The van der Waals surface area contributed by atoms with Crippen molar-refractivity contribution in [1.82, 2.24) is 4.31 Å². The van der Waals surface area contributed by atoms with Gasteiger partial charge in [-0.3, -0.25) is 4.79 Å². The topological polar surface area (TPSA) is 66.5 Å². The molecular formula is C20H23FN2O3S. The van der Waals surface area contributed by atoms with Crippen molar-refractivity contribution in [3.8, 4) is 0 Å². The van der Waals surface area contributed by atoms with Crippen LogP contribution in [0.3, 0.4) is 0 Å². The lowest BCUT2D eigenvalue weighted by Gasteiger charge is -2.20. The molecule has 5 nitrogen and oxygen atoms in total. The van der Waals surface area contributed by atoms with Crippen LogP contribution in [-0.4, -0.2) is 31.7 Å². The minimum absolute atomic E-state index is 0.0472. The third-order valence-electron chi connectivity index (χ3n) is 4.59. The predicted octanol–water partition coefficient (Wildman–Crippen LogP) is 3.57. The Labute approximate surface area is 159 Å². The Morgan fingerprint density at radius 1 is 1.00 bits per heavy atom. The number of hydrogen-bond acceptors (Lipinski definition) is 3. The van der Waals surface area contributed by atoms with E-state index in [1.54, 1.807) is 24.3 Å². The normalized spacial score (nSPS) is 15.9. The zero-order valence-corrected chi connectivity index (χ0v) is 15.8. The van der Waals surface area contributed by atoms with E-state index in [-0.39, 0.29) is 23.0 Å². The Hall–Kier alpha value is -2.25. The molecule has 1 amide bonds. The highest BCUT2D eigenvalue weighted by Crippen LogP contribution is 2.22. The van der Waals surface area contributed by atoms with Gasteiger partial charge in [-0.25, -0.2) is 12.8 Å². The van der Waals surface area contributed by atoms with Crippen molar-refractivity contribution in [3.05, 3.63) is 59.9 Å². The Morgan fingerprint density at radius 2 is 1.67 bits per heavy atom. The van der Waals surface area contributed by atoms with E-state index in [4.69, 9.17) is 0 Å². The number of carbonyl (C=O) groups excluding carboxylic acids is 1. The average Bonchev–Trinajstić information content (AvgIpc) is 2.92. The van der Waals surface area contributed by atoms with Crippen LogP contribution in [0.25, 0.3) is 0 Å². The van der Waals surface area contributed by atoms with Crippen LogP contribution >= 0.6 is 0 Å². The van der Waals surface area contributed by atoms with Gasteiger partial charge in [-0.1, -0.05) is 25.0 Å². The maximum Gasteiger partial charge on any atom is 0.243 e. The number of benzene rings is 2. The van der Waals surface area contributed by atoms with Crippen molar-refractivity contribution in [2.24, 2.45) is 0 Å². The van der Waals surface area contributed by atoms with Gasteiger partial charge in [0, 0.05) is 18.8 Å². The molecule has 144 valence electrons. The zero-order chi connectivity index (χ0) is 19.3. The first-order chi connectivity index (χ1) is 12.9. The summed E-state index contributed by atoms with van der Waals surface area (Å²) in [7, 11) is -3.50. The minimum Gasteiger partial charge on any atom is -0.326 e. The van der Waals surface area contributed by atoms with Crippen LogP contribution in [0, 0.1) is 5.82 Å². The molecule has 0 unspecified atom stereocenters. The van der Waals surface area contributed by atoms with Crippen LogP contribution in [-0.2, 0) is 21.2 Å². The Kier molecular flexibility index (Phi) is 6.23. The fourth-order valence-electron chi connectivity index (χ4n) is 3.18. The van der Waals surface area contributed by atoms with E-state index in [0.29, 0.717) is 24.3 Å². The standard InChI is InChI=1S/C20H23FN2O3S/c21-17-7-5-6-16(14-17)15-20(24)22-18-8-10-19(11-9-18)27(25,26)23-12-3-1-2-4-13-23/h5-11,14H,1-4,12-13,15H2,(H,22,24). The second kappa shape index (κ2) is 8.63. The van der Waals surface area contributed by atoms with Crippen LogP contribution in [0.15, 0.2) is 53.4 Å². The van der Waals surface area contributed by atoms with Crippen molar-refractivity contribution in [1.29, 1.82) is 0 Å². The maximum atomic E-state index is 13.2. The number of amides is 1. The number of sulfonamides is 1. The second-order valence-electron chi connectivity index (χ2n) is 6.70. The summed E-state index contributed by atoms with van der Waals surface area (Å²) < 4.78 is 40.2. The number of nitrogens with one attached hydrogen (secondary N) is 1. The number of anilines is 1. The second-order valence-corrected chi connectivity index (χ2v) is 8.64. The quantitative estimate of drug-likeness (QED) is 0.849. The summed E-state index contributed by atoms with van der Waals surface area (Å²) in [4.78, 5) is 12.3. The number of hydrogen-bond donors (Lipinski definition) is 1. The highest BCUT2D eigenvalue weighted by atomic mass is 32.2. The van der Waals surface area contributed by atoms with Gasteiger partial charge < -0.3 is 5.32 Å². The van der Waals surface area contributed by atoms with Crippen LogP contribution in [0.5, 0.6) is 0 Å². The van der Waals surface area contributed by atoms with Crippen LogP contribution in [0.2, 0.25) is 0 Å². The smallest absolute Gasteiger partial charge is 0.243 e. The van der Waals surface area contributed by atoms with Crippen LogP contribution in [0.1, 0.15) is 31.2 Å². The largest absolute Gasteiger partial charge is 0.326 e. The van der Waals surface area contributed by atoms with Gasteiger partial charge in [-0.15, -0.1) is 0 Å². The molecule has 0 spiro atoms. The molecule has 3 rings (SSSR count). The van der Waals surface area contributed by atoms with Gasteiger partial charge >= 0.3 is 0 Å². The molecule has 0 radical (unpaired) electrons. The lowest BCUT2D eigenvalue weighted by Crippen LogP contribution is -2.31. The fraction of sp³-hybridized carbons (Fsp3) is 0.350. The van der Waals surface area contributed by atoms with E-state index in [2.05, 4.69) is 5.32 Å². The summed E-state index contributed by atoms with van der Waals surface area (Å²) in [5.74, 6) is -0.674. The molecule has 1 aliphatic rings. The summed E-state index contributed by atoms with van der Waals surface area (Å²) >= 11 is 0. The number of carbonyl (C=O) groups is 1. The van der Waals surface area contributed by atoms with E-state index in [9.17, 15) is 17.6 Å². The molecule has 0 bridgehead atoms. The average molecular weight is 390 g/mol. The first-order valence-corrected chi connectivity index (χ1v) is 10.5. The summed E-state index contributed by atoms with van der Waals surface area (Å²) in [6.45, 7) is 1.10. The molecule has 1 aliphatic heterocycles. The van der Waals surface area contributed by atoms with Crippen molar-refractivity contribution in [3.63, 3.8) is 0 Å². The van der Waals surface area contributed by atoms with Crippen LogP contribution in [0.4, 0.5) is 10.1 Å². The molecule has 0 saturated carbocycles. The van der Waals surface area contributed by atoms with Crippen LogP contribution < -0.4 is 5.32 Å². The van der Waals surface area contributed by atoms with Gasteiger partial charge in [0.25, 0.3) is 0 Å². The number of nitrogens with zero attached hydrogens (tertiary/aromatic N) is 1.